The van der Waals surface area contributed by atoms with Gasteiger partial charge in [0.25, 0.3) is 5.91 Å². The van der Waals surface area contributed by atoms with Crippen molar-refractivity contribution in [3.63, 3.8) is 0 Å². The summed E-state index contributed by atoms with van der Waals surface area (Å²) >= 11 is 0. The average Bonchev–Trinajstić information content (AvgIpc) is 2.64. The molecule has 5 heteroatoms. The molecule has 0 radical (unpaired) electrons. The van der Waals surface area contributed by atoms with Gasteiger partial charge in [-0.05, 0) is 62.4 Å². The Morgan fingerprint density at radius 3 is 2.15 bits per heavy atom. The lowest BCUT2D eigenvalue weighted by atomic mass is 10.1. The SMILES string of the molecule is CC(=O)c1ccc(NC(=O)c2cc(Nc3ccc(C)cc3)ccn2)cc1. The Hall–Kier alpha value is -3.47. The zero-order valence-corrected chi connectivity index (χ0v) is 14.6. The summed E-state index contributed by atoms with van der Waals surface area (Å²) in [6, 6.07) is 18.2. The first-order valence-corrected chi connectivity index (χ1v) is 8.23. The van der Waals surface area contributed by atoms with E-state index in [-0.39, 0.29) is 11.7 Å². The van der Waals surface area contributed by atoms with Crippen molar-refractivity contribution >= 4 is 28.8 Å². The minimum atomic E-state index is -0.312. The molecule has 2 N–H and O–H groups in total. The van der Waals surface area contributed by atoms with Gasteiger partial charge in [0.05, 0.1) is 0 Å². The van der Waals surface area contributed by atoms with Crippen molar-refractivity contribution in [2.45, 2.75) is 13.8 Å². The van der Waals surface area contributed by atoms with E-state index in [4.69, 9.17) is 0 Å². The van der Waals surface area contributed by atoms with Crippen LogP contribution in [0.4, 0.5) is 17.1 Å². The summed E-state index contributed by atoms with van der Waals surface area (Å²) < 4.78 is 0. The van der Waals surface area contributed by atoms with Crippen molar-refractivity contribution in [1.29, 1.82) is 0 Å². The van der Waals surface area contributed by atoms with Crippen LogP contribution in [0.3, 0.4) is 0 Å². The molecule has 0 fully saturated rings. The summed E-state index contributed by atoms with van der Waals surface area (Å²) in [7, 11) is 0. The van der Waals surface area contributed by atoms with Gasteiger partial charge in [-0.2, -0.15) is 0 Å². The molecule has 0 atom stereocenters. The fraction of sp³-hybridized carbons (Fsp3) is 0.0952. The molecular weight excluding hydrogens is 326 g/mol. The quantitative estimate of drug-likeness (QED) is 0.664. The highest BCUT2D eigenvalue weighted by molar-refractivity contribution is 6.03. The number of Topliss-reactive ketones (excluding diaryl/α,β-unsaturated/α-hetero) is 1. The number of hydrogen-bond donors (Lipinski definition) is 2. The smallest absolute Gasteiger partial charge is 0.274 e. The molecule has 5 nitrogen and oxygen atoms in total. The predicted octanol–water partition coefficient (Wildman–Crippen LogP) is 4.59. The van der Waals surface area contributed by atoms with E-state index in [0.717, 1.165) is 11.4 Å². The van der Waals surface area contributed by atoms with Gasteiger partial charge < -0.3 is 10.6 Å². The molecule has 0 saturated heterocycles. The van der Waals surface area contributed by atoms with Crippen LogP contribution < -0.4 is 10.6 Å². The molecule has 0 bridgehead atoms. The highest BCUT2D eigenvalue weighted by Gasteiger charge is 2.09. The van der Waals surface area contributed by atoms with Crippen LogP contribution in [0, 0.1) is 6.92 Å². The molecule has 0 aliphatic rings. The molecule has 1 aromatic heterocycles. The Balaban J connectivity index is 1.71. The molecule has 1 amide bonds. The van der Waals surface area contributed by atoms with Crippen molar-refractivity contribution in [3.8, 4) is 0 Å². The fourth-order valence-electron chi connectivity index (χ4n) is 2.42. The van der Waals surface area contributed by atoms with Crippen LogP contribution in [0.25, 0.3) is 0 Å². The van der Waals surface area contributed by atoms with Crippen LogP contribution in [0.5, 0.6) is 0 Å². The lowest BCUT2D eigenvalue weighted by Crippen LogP contribution is -2.13. The molecule has 3 aromatic rings. The molecule has 0 saturated carbocycles. The van der Waals surface area contributed by atoms with Gasteiger partial charge in [-0.1, -0.05) is 17.7 Å². The first-order chi connectivity index (χ1) is 12.5. The summed E-state index contributed by atoms with van der Waals surface area (Å²) in [5.74, 6) is -0.326. The van der Waals surface area contributed by atoms with Crippen molar-refractivity contribution in [2.75, 3.05) is 10.6 Å². The van der Waals surface area contributed by atoms with Crippen molar-refractivity contribution in [3.05, 3.63) is 83.7 Å². The van der Waals surface area contributed by atoms with Crippen LogP contribution in [0.15, 0.2) is 66.9 Å². The summed E-state index contributed by atoms with van der Waals surface area (Å²) in [4.78, 5) is 27.8. The Bertz CT molecular complexity index is 932. The van der Waals surface area contributed by atoms with E-state index in [0.29, 0.717) is 16.9 Å². The molecule has 0 spiro atoms. The van der Waals surface area contributed by atoms with E-state index < -0.39 is 0 Å². The summed E-state index contributed by atoms with van der Waals surface area (Å²) in [6.07, 6.45) is 1.59. The van der Waals surface area contributed by atoms with Gasteiger partial charge in [0.1, 0.15) is 5.69 Å². The zero-order valence-electron chi connectivity index (χ0n) is 14.6. The Labute approximate surface area is 152 Å². The third-order valence-electron chi connectivity index (χ3n) is 3.88. The van der Waals surface area contributed by atoms with Gasteiger partial charge in [0.2, 0.25) is 0 Å². The molecule has 2 aromatic carbocycles. The van der Waals surface area contributed by atoms with E-state index in [1.807, 2.05) is 31.2 Å². The van der Waals surface area contributed by atoms with Crippen LogP contribution in [0.2, 0.25) is 0 Å². The lowest BCUT2D eigenvalue weighted by molar-refractivity contribution is 0.101. The topological polar surface area (TPSA) is 71.1 Å². The number of rotatable bonds is 5. The second-order valence-corrected chi connectivity index (χ2v) is 6.01. The van der Waals surface area contributed by atoms with E-state index in [9.17, 15) is 9.59 Å². The molecule has 0 aliphatic heterocycles. The van der Waals surface area contributed by atoms with Crippen LogP contribution in [0.1, 0.15) is 33.3 Å². The number of anilines is 3. The largest absolute Gasteiger partial charge is 0.355 e. The van der Waals surface area contributed by atoms with Gasteiger partial charge >= 0.3 is 0 Å². The Morgan fingerprint density at radius 2 is 1.50 bits per heavy atom. The second-order valence-electron chi connectivity index (χ2n) is 6.01. The standard InChI is InChI=1S/C21H19N3O2/c1-14-3-7-17(8-4-14)23-19-11-12-22-20(13-19)21(26)24-18-9-5-16(6-10-18)15(2)25/h3-13H,1-2H3,(H,22,23)(H,24,26). The number of aromatic nitrogens is 1. The fourth-order valence-corrected chi connectivity index (χ4v) is 2.42. The number of amides is 1. The first kappa shape index (κ1) is 17.4. The van der Waals surface area contributed by atoms with E-state index in [1.165, 1.54) is 12.5 Å². The summed E-state index contributed by atoms with van der Waals surface area (Å²) in [5, 5.41) is 6.04. The second kappa shape index (κ2) is 7.61. The van der Waals surface area contributed by atoms with Gasteiger partial charge in [-0.15, -0.1) is 0 Å². The van der Waals surface area contributed by atoms with Gasteiger partial charge in [-0.3, -0.25) is 14.6 Å². The summed E-state index contributed by atoms with van der Waals surface area (Å²) in [5.41, 5.74) is 4.41. The van der Waals surface area contributed by atoms with Gasteiger partial charge in [0, 0.05) is 28.8 Å². The number of carbonyl (C=O) groups is 2. The highest BCUT2D eigenvalue weighted by atomic mass is 16.2. The molecule has 130 valence electrons. The van der Waals surface area contributed by atoms with Crippen molar-refractivity contribution < 1.29 is 9.59 Å². The molecular formula is C21H19N3O2. The minimum absolute atomic E-state index is 0.0144. The number of ketones is 1. The molecule has 3 rings (SSSR count). The van der Waals surface area contributed by atoms with Crippen molar-refractivity contribution in [2.24, 2.45) is 0 Å². The molecule has 0 aliphatic carbocycles. The third-order valence-corrected chi connectivity index (χ3v) is 3.88. The highest BCUT2D eigenvalue weighted by Crippen LogP contribution is 2.18. The van der Waals surface area contributed by atoms with Gasteiger partial charge in [0.15, 0.2) is 5.78 Å². The minimum Gasteiger partial charge on any atom is -0.355 e. The number of carbonyl (C=O) groups excluding carboxylic acids is 2. The molecule has 1 heterocycles. The maximum Gasteiger partial charge on any atom is 0.274 e. The molecule has 0 unspecified atom stereocenters. The molecule has 26 heavy (non-hydrogen) atoms. The van der Waals surface area contributed by atoms with E-state index >= 15 is 0 Å². The van der Waals surface area contributed by atoms with E-state index in [1.54, 1.807) is 42.6 Å². The number of aryl methyl sites for hydroxylation is 1. The van der Waals surface area contributed by atoms with Crippen LogP contribution >= 0.6 is 0 Å². The average molecular weight is 345 g/mol. The third kappa shape index (κ3) is 4.33. The predicted molar refractivity (Wildman–Crippen MR) is 103 cm³/mol. The van der Waals surface area contributed by atoms with Crippen LogP contribution in [-0.4, -0.2) is 16.7 Å². The number of pyridine rings is 1. The normalized spacial score (nSPS) is 10.2. The maximum atomic E-state index is 12.4. The summed E-state index contributed by atoms with van der Waals surface area (Å²) in [6.45, 7) is 3.53. The monoisotopic (exact) mass is 345 g/mol. The van der Waals surface area contributed by atoms with Crippen LogP contribution in [-0.2, 0) is 0 Å². The Kier molecular flexibility index (Phi) is 5.08. The van der Waals surface area contributed by atoms with Gasteiger partial charge in [-0.25, -0.2) is 0 Å². The number of hydrogen-bond acceptors (Lipinski definition) is 4. The lowest BCUT2D eigenvalue weighted by Gasteiger charge is -2.09. The van der Waals surface area contributed by atoms with Crippen molar-refractivity contribution in [1.82, 2.24) is 4.98 Å². The first-order valence-electron chi connectivity index (χ1n) is 8.23. The number of benzene rings is 2. The Morgan fingerprint density at radius 1 is 0.846 bits per heavy atom. The van der Waals surface area contributed by atoms with E-state index in [2.05, 4.69) is 15.6 Å². The number of nitrogens with zero attached hydrogens (tertiary/aromatic N) is 1. The zero-order chi connectivity index (χ0) is 18.5. The number of nitrogens with one attached hydrogen (secondary N) is 2. The maximum absolute atomic E-state index is 12.4.